The van der Waals surface area contributed by atoms with Gasteiger partial charge in [0.05, 0.1) is 43.3 Å². The highest BCUT2D eigenvalue weighted by molar-refractivity contribution is 6.31. The Morgan fingerprint density at radius 2 is 1.97 bits per heavy atom. The number of esters is 1. The van der Waals surface area contributed by atoms with E-state index in [9.17, 15) is 22.8 Å². The lowest BCUT2D eigenvalue weighted by Gasteiger charge is -2.42. The van der Waals surface area contributed by atoms with Crippen molar-refractivity contribution in [3.05, 3.63) is 58.1 Å². The van der Waals surface area contributed by atoms with Crippen LogP contribution in [0.15, 0.2) is 30.7 Å². The van der Waals surface area contributed by atoms with Gasteiger partial charge in [-0.2, -0.15) is 13.2 Å². The van der Waals surface area contributed by atoms with Gasteiger partial charge < -0.3 is 19.3 Å². The predicted octanol–water partition coefficient (Wildman–Crippen LogP) is 4.32. The molecule has 2 aromatic heterocycles. The monoisotopic (exact) mass is 565 g/mol. The topological polar surface area (TPSA) is 89.3 Å². The highest BCUT2D eigenvalue weighted by Crippen LogP contribution is 2.40. The van der Waals surface area contributed by atoms with Crippen molar-refractivity contribution in [2.45, 2.75) is 51.6 Å². The van der Waals surface area contributed by atoms with Crippen LogP contribution < -0.4 is 4.90 Å². The number of hydrogen-bond acceptors (Lipinski definition) is 7. The van der Waals surface area contributed by atoms with Crippen LogP contribution in [0.5, 0.6) is 0 Å². The second-order valence-electron chi connectivity index (χ2n) is 9.67. The maximum atomic E-state index is 13.7. The first-order valence-corrected chi connectivity index (χ1v) is 13.0. The zero-order valence-electron chi connectivity index (χ0n) is 21.5. The molecule has 1 aromatic carbocycles. The molecule has 13 heteroatoms. The minimum atomic E-state index is -4.51. The molecule has 3 aromatic rings. The molecule has 0 saturated carbocycles. The van der Waals surface area contributed by atoms with Crippen molar-refractivity contribution in [1.82, 2.24) is 19.3 Å². The molecule has 0 N–H and O–H groups in total. The van der Waals surface area contributed by atoms with Crippen LogP contribution in [0.25, 0.3) is 5.65 Å². The number of ether oxygens (including phenoxy) is 2. The molecular weight excluding hydrogens is 539 g/mol. The minimum Gasteiger partial charge on any atom is -0.461 e. The normalized spacial score (nSPS) is 21.7. The van der Waals surface area contributed by atoms with Crippen LogP contribution in [0.2, 0.25) is 5.02 Å². The predicted molar refractivity (Wildman–Crippen MR) is 136 cm³/mol. The molecule has 208 valence electrons. The van der Waals surface area contributed by atoms with E-state index in [0.29, 0.717) is 29.1 Å². The number of carbonyl (C=O) groups is 2. The van der Waals surface area contributed by atoms with Crippen LogP contribution in [0, 0.1) is 0 Å². The van der Waals surface area contributed by atoms with Crippen molar-refractivity contribution in [2.75, 3.05) is 31.1 Å². The van der Waals surface area contributed by atoms with Gasteiger partial charge in [0.15, 0.2) is 17.4 Å². The number of rotatable bonds is 4. The number of halogens is 4. The maximum absolute atomic E-state index is 13.7. The van der Waals surface area contributed by atoms with Gasteiger partial charge >= 0.3 is 12.1 Å². The van der Waals surface area contributed by atoms with E-state index >= 15 is 0 Å². The minimum absolute atomic E-state index is 0.0142. The Hall–Kier alpha value is -3.38. The molecule has 0 spiro atoms. The van der Waals surface area contributed by atoms with Gasteiger partial charge in [-0.25, -0.2) is 9.78 Å². The molecule has 2 aliphatic rings. The average Bonchev–Trinajstić information content (AvgIpc) is 3.32. The van der Waals surface area contributed by atoms with Gasteiger partial charge in [-0.15, -0.1) is 0 Å². The number of benzene rings is 1. The number of morpholine rings is 1. The van der Waals surface area contributed by atoms with Crippen LogP contribution in [0.4, 0.5) is 19.0 Å². The van der Waals surface area contributed by atoms with Gasteiger partial charge in [0.1, 0.15) is 5.82 Å². The van der Waals surface area contributed by atoms with Gasteiger partial charge in [-0.1, -0.05) is 11.6 Å². The number of aromatic nitrogens is 3. The second kappa shape index (κ2) is 10.3. The summed E-state index contributed by atoms with van der Waals surface area (Å²) < 4.78 is 52.7. The van der Waals surface area contributed by atoms with Gasteiger partial charge in [0, 0.05) is 24.3 Å². The molecule has 0 unspecified atom stereocenters. The number of imidazole rings is 1. The first-order chi connectivity index (χ1) is 18.5. The number of hydrogen-bond donors (Lipinski definition) is 0. The molecule has 1 fully saturated rings. The molecule has 9 nitrogen and oxygen atoms in total. The van der Waals surface area contributed by atoms with Gasteiger partial charge in [0.25, 0.3) is 5.91 Å². The zero-order chi connectivity index (χ0) is 28.1. The molecule has 5 rings (SSSR count). The van der Waals surface area contributed by atoms with Crippen molar-refractivity contribution >= 4 is 34.9 Å². The van der Waals surface area contributed by atoms with Crippen LogP contribution >= 0.6 is 11.6 Å². The maximum Gasteiger partial charge on any atom is 0.416 e. The van der Waals surface area contributed by atoms with Crippen molar-refractivity contribution in [3.8, 4) is 0 Å². The Bertz CT molecular complexity index is 1430. The summed E-state index contributed by atoms with van der Waals surface area (Å²) in [4.78, 5) is 38.0. The Morgan fingerprint density at radius 3 is 2.69 bits per heavy atom. The fraction of sp³-hybridized carbons (Fsp3) is 0.462. The van der Waals surface area contributed by atoms with Crippen LogP contribution in [-0.2, 0) is 26.9 Å². The van der Waals surface area contributed by atoms with E-state index in [-0.39, 0.29) is 48.8 Å². The molecule has 3 atom stereocenters. The molecule has 1 amide bonds. The molecule has 0 radical (unpaired) electrons. The SMILES string of the molecule is CCOC(=O)c1cn2c(N3C[C@@H](C)O[C@@H](C(=O)N4CCc5cc(C(F)(F)F)cc(Cl)c5[C@@H]4C)C3)cncc2n1. The first kappa shape index (κ1) is 27.2. The summed E-state index contributed by atoms with van der Waals surface area (Å²) in [5.41, 5.74) is 0.801. The zero-order valence-corrected chi connectivity index (χ0v) is 22.3. The average molecular weight is 566 g/mol. The number of amides is 1. The van der Waals surface area contributed by atoms with Crippen molar-refractivity contribution in [3.63, 3.8) is 0 Å². The van der Waals surface area contributed by atoms with Crippen molar-refractivity contribution in [2.24, 2.45) is 0 Å². The van der Waals surface area contributed by atoms with Crippen LogP contribution in [-0.4, -0.2) is 69.6 Å². The van der Waals surface area contributed by atoms with E-state index in [2.05, 4.69) is 9.97 Å². The lowest BCUT2D eigenvalue weighted by molar-refractivity contribution is -0.151. The quantitative estimate of drug-likeness (QED) is 0.435. The van der Waals surface area contributed by atoms with E-state index in [1.54, 1.807) is 35.5 Å². The summed E-state index contributed by atoms with van der Waals surface area (Å²) in [6.07, 6.45) is -0.692. The summed E-state index contributed by atoms with van der Waals surface area (Å²) in [5, 5.41) is -0.0142. The fourth-order valence-corrected chi connectivity index (χ4v) is 5.70. The van der Waals surface area contributed by atoms with E-state index in [1.807, 2.05) is 11.8 Å². The van der Waals surface area contributed by atoms with Crippen molar-refractivity contribution < 1.29 is 32.2 Å². The van der Waals surface area contributed by atoms with Gasteiger partial charge in [-0.3, -0.25) is 14.2 Å². The Morgan fingerprint density at radius 1 is 1.21 bits per heavy atom. The Kier molecular flexibility index (Phi) is 7.19. The summed E-state index contributed by atoms with van der Waals surface area (Å²) in [7, 11) is 0. The van der Waals surface area contributed by atoms with Gasteiger partial charge in [-0.05, 0) is 50.5 Å². The summed E-state index contributed by atoms with van der Waals surface area (Å²) in [6.45, 7) is 6.43. The molecule has 0 aliphatic carbocycles. The Labute approximate surface area is 227 Å². The number of carbonyl (C=O) groups excluding carboxylic acids is 2. The number of nitrogens with zero attached hydrogens (tertiary/aromatic N) is 5. The number of alkyl halides is 3. The second-order valence-corrected chi connectivity index (χ2v) is 10.1. The Balaban J connectivity index is 1.39. The third-order valence-corrected chi connectivity index (χ3v) is 7.35. The van der Waals surface area contributed by atoms with E-state index in [0.717, 1.165) is 12.1 Å². The first-order valence-electron chi connectivity index (χ1n) is 12.6. The number of fused-ring (bicyclic) bond motifs is 2. The molecule has 0 bridgehead atoms. The highest BCUT2D eigenvalue weighted by Gasteiger charge is 2.39. The smallest absolute Gasteiger partial charge is 0.416 e. The lowest BCUT2D eigenvalue weighted by Crippen LogP contribution is -2.55. The van der Waals surface area contributed by atoms with Gasteiger partial charge in [0.2, 0.25) is 0 Å². The fourth-order valence-electron chi connectivity index (χ4n) is 5.30. The van der Waals surface area contributed by atoms with Crippen LogP contribution in [0.1, 0.15) is 54.0 Å². The van der Waals surface area contributed by atoms with Crippen molar-refractivity contribution in [1.29, 1.82) is 0 Å². The molecule has 2 aliphatic heterocycles. The molecule has 1 saturated heterocycles. The lowest BCUT2D eigenvalue weighted by atomic mass is 9.91. The standard InChI is InChI=1S/C26H27ClF3N5O4/c1-4-38-25(37)19-12-35-21(32-19)9-31-10-22(35)33-11-14(2)39-20(13-33)24(36)34-6-5-16-7-17(26(28,29)30)8-18(27)23(16)15(34)3/h7-10,12,14-15,20H,4-6,11,13H2,1-3H3/t14-,15+,20-/m1/s1. The third-order valence-electron chi connectivity index (χ3n) is 7.04. The summed E-state index contributed by atoms with van der Waals surface area (Å²) in [6, 6.07) is 1.50. The molecule has 39 heavy (non-hydrogen) atoms. The largest absolute Gasteiger partial charge is 0.461 e. The summed E-state index contributed by atoms with van der Waals surface area (Å²) in [5.74, 6) is -0.196. The van der Waals surface area contributed by atoms with E-state index < -0.39 is 29.9 Å². The number of anilines is 1. The third kappa shape index (κ3) is 5.14. The van der Waals surface area contributed by atoms with E-state index in [1.165, 1.54) is 6.20 Å². The highest BCUT2D eigenvalue weighted by atomic mass is 35.5. The molecule has 4 heterocycles. The summed E-state index contributed by atoms with van der Waals surface area (Å²) >= 11 is 6.30. The van der Waals surface area contributed by atoms with E-state index in [4.69, 9.17) is 21.1 Å². The molecular formula is C26H27ClF3N5O4. The van der Waals surface area contributed by atoms with Crippen LogP contribution in [0.3, 0.4) is 0 Å².